The smallest absolute Gasteiger partial charge is 0.261 e. The molecule has 2 unspecified atom stereocenters. The summed E-state index contributed by atoms with van der Waals surface area (Å²) in [5.41, 5.74) is 2.04. The molecule has 25 heavy (non-hydrogen) atoms. The fraction of sp³-hybridized carbons (Fsp3) is 0.238. The zero-order valence-corrected chi connectivity index (χ0v) is 13.8. The maximum Gasteiger partial charge on any atom is 0.261 e. The van der Waals surface area contributed by atoms with Gasteiger partial charge in [-0.1, -0.05) is 48.5 Å². The summed E-state index contributed by atoms with van der Waals surface area (Å²) in [6.07, 6.45) is 3.33. The third-order valence-corrected chi connectivity index (χ3v) is 4.74. The standard InChI is InChI=1S/C21H19NO3/c23-20-17(14-15-8-3-1-4-9-15)19(18-12-7-13-25-18)21(24)22(20)16-10-5-2-6-11-16/h1-6,8-11,14,18-19H,7,12-13H2/b17-14+. The molecule has 0 aliphatic carbocycles. The highest BCUT2D eigenvalue weighted by Gasteiger charge is 2.48. The van der Waals surface area contributed by atoms with Crippen LogP contribution in [0, 0.1) is 5.92 Å². The molecule has 2 aromatic rings. The number of hydrogen-bond acceptors (Lipinski definition) is 3. The number of imide groups is 1. The van der Waals surface area contributed by atoms with E-state index in [-0.39, 0.29) is 17.9 Å². The van der Waals surface area contributed by atoms with Gasteiger partial charge in [-0.25, -0.2) is 4.90 Å². The van der Waals surface area contributed by atoms with Crippen molar-refractivity contribution in [3.8, 4) is 0 Å². The summed E-state index contributed by atoms with van der Waals surface area (Å²) in [6.45, 7) is 0.645. The Morgan fingerprint density at radius 3 is 2.28 bits per heavy atom. The Morgan fingerprint density at radius 2 is 1.64 bits per heavy atom. The zero-order valence-electron chi connectivity index (χ0n) is 13.8. The first-order chi connectivity index (χ1) is 12.3. The number of rotatable bonds is 3. The zero-order chi connectivity index (χ0) is 17.2. The molecule has 4 heteroatoms. The Hall–Kier alpha value is -2.72. The lowest BCUT2D eigenvalue weighted by Crippen LogP contribution is -2.33. The van der Waals surface area contributed by atoms with E-state index in [0.717, 1.165) is 18.4 Å². The van der Waals surface area contributed by atoms with Gasteiger partial charge in [0.1, 0.15) is 0 Å². The summed E-state index contributed by atoms with van der Waals surface area (Å²) in [4.78, 5) is 27.5. The van der Waals surface area contributed by atoms with E-state index >= 15 is 0 Å². The second kappa shape index (κ2) is 6.65. The van der Waals surface area contributed by atoms with E-state index < -0.39 is 5.92 Å². The topological polar surface area (TPSA) is 46.6 Å². The average Bonchev–Trinajstić information content (AvgIpc) is 3.24. The van der Waals surface area contributed by atoms with Gasteiger partial charge in [0.25, 0.3) is 5.91 Å². The van der Waals surface area contributed by atoms with Gasteiger partial charge in [-0.15, -0.1) is 0 Å². The molecule has 0 aromatic heterocycles. The fourth-order valence-corrected chi connectivity index (χ4v) is 3.56. The van der Waals surface area contributed by atoms with Gasteiger partial charge in [0.2, 0.25) is 5.91 Å². The van der Waals surface area contributed by atoms with Crippen LogP contribution >= 0.6 is 0 Å². The highest BCUT2D eigenvalue weighted by atomic mass is 16.5. The molecule has 2 aliphatic rings. The second-order valence-corrected chi connectivity index (χ2v) is 6.35. The Bertz CT molecular complexity index is 808. The van der Waals surface area contributed by atoms with Gasteiger partial charge < -0.3 is 4.74 Å². The molecular weight excluding hydrogens is 314 g/mol. The molecule has 2 heterocycles. The van der Waals surface area contributed by atoms with Gasteiger partial charge in [0.15, 0.2) is 0 Å². The SMILES string of the molecule is O=C1/C(=C/c2ccccc2)C(C2CCCO2)C(=O)N1c1ccccc1. The lowest BCUT2D eigenvalue weighted by Gasteiger charge is -2.17. The van der Waals surface area contributed by atoms with E-state index in [1.807, 2.05) is 54.6 Å². The van der Waals surface area contributed by atoms with Crippen LogP contribution in [0.1, 0.15) is 18.4 Å². The summed E-state index contributed by atoms with van der Waals surface area (Å²) in [5, 5.41) is 0. The normalized spacial score (nSPS) is 25.1. The summed E-state index contributed by atoms with van der Waals surface area (Å²) in [7, 11) is 0. The number of benzene rings is 2. The van der Waals surface area contributed by atoms with Crippen LogP contribution in [0.3, 0.4) is 0 Å². The molecule has 2 aromatic carbocycles. The van der Waals surface area contributed by atoms with Crippen molar-refractivity contribution in [2.45, 2.75) is 18.9 Å². The van der Waals surface area contributed by atoms with Gasteiger partial charge in [-0.05, 0) is 36.6 Å². The Kier molecular flexibility index (Phi) is 4.20. The minimum atomic E-state index is -0.532. The molecule has 2 fully saturated rings. The summed E-state index contributed by atoms with van der Waals surface area (Å²) in [5.74, 6) is -0.971. The number of para-hydroxylation sites is 1. The maximum absolute atomic E-state index is 13.1. The van der Waals surface area contributed by atoms with Crippen LogP contribution in [-0.4, -0.2) is 24.5 Å². The lowest BCUT2D eigenvalue weighted by molar-refractivity contribution is -0.124. The van der Waals surface area contributed by atoms with Crippen LogP contribution < -0.4 is 4.90 Å². The lowest BCUT2D eigenvalue weighted by atomic mass is 9.92. The largest absolute Gasteiger partial charge is 0.377 e. The number of anilines is 1. The van der Waals surface area contributed by atoms with Crippen molar-refractivity contribution in [2.75, 3.05) is 11.5 Å². The summed E-state index contributed by atoms with van der Waals surface area (Å²) < 4.78 is 5.77. The molecule has 2 amide bonds. The fourth-order valence-electron chi connectivity index (χ4n) is 3.56. The molecule has 0 bridgehead atoms. The van der Waals surface area contributed by atoms with Crippen molar-refractivity contribution in [3.63, 3.8) is 0 Å². The number of carbonyl (C=O) groups excluding carboxylic acids is 2. The van der Waals surface area contributed by atoms with Crippen molar-refractivity contribution < 1.29 is 14.3 Å². The first-order valence-corrected chi connectivity index (χ1v) is 8.57. The molecule has 4 rings (SSSR count). The van der Waals surface area contributed by atoms with Gasteiger partial charge in [-0.3, -0.25) is 9.59 Å². The molecule has 126 valence electrons. The van der Waals surface area contributed by atoms with E-state index in [2.05, 4.69) is 0 Å². The Morgan fingerprint density at radius 1 is 0.960 bits per heavy atom. The number of ether oxygens (including phenoxy) is 1. The molecule has 2 saturated heterocycles. The van der Waals surface area contributed by atoms with E-state index in [1.54, 1.807) is 12.1 Å². The number of hydrogen-bond donors (Lipinski definition) is 0. The average molecular weight is 333 g/mol. The molecule has 0 saturated carbocycles. The monoisotopic (exact) mass is 333 g/mol. The van der Waals surface area contributed by atoms with Crippen LogP contribution in [0.5, 0.6) is 0 Å². The first-order valence-electron chi connectivity index (χ1n) is 8.57. The van der Waals surface area contributed by atoms with Crippen LogP contribution in [0.15, 0.2) is 66.2 Å². The van der Waals surface area contributed by atoms with Crippen LogP contribution in [0.25, 0.3) is 6.08 Å². The molecule has 0 radical (unpaired) electrons. The molecular formula is C21H19NO3. The molecule has 0 N–H and O–H groups in total. The van der Waals surface area contributed by atoms with E-state index in [0.29, 0.717) is 17.9 Å². The van der Waals surface area contributed by atoms with E-state index in [1.165, 1.54) is 4.90 Å². The van der Waals surface area contributed by atoms with Crippen molar-refractivity contribution in [1.82, 2.24) is 0 Å². The van der Waals surface area contributed by atoms with E-state index in [4.69, 9.17) is 4.74 Å². The number of nitrogens with zero attached hydrogens (tertiary/aromatic N) is 1. The highest BCUT2D eigenvalue weighted by Crippen LogP contribution is 2.37. The molecule has 2 aliphatic heterocycles. The van der Waals surface area contributed by atoms with E-state index in [9.17, 15) is 9.59 Å². The third-order valence-electron chi connectivity index (χ3n) is 4.74. The quantitative estimate of drug-likeness (QED) is 0.638. The predicted octanol–water partition coefficient (Wildman–Crippen LogP) is 3.44. The minimum Gasteiger partial charge on any atom is -0.377 e. The first kappa shape index (κ1) is 15.8. The van der Waals surface area contributed by atoms with Crippen LogP contribution in [0.2, 0.25) is 0 Å². The van der Waals surface area contributed by atoms with Gasteiger partial charge in [-0.2, -0.15) is 0 Å². The van der Waals surface area contributed by atoms with Gasteiger partial charge >= 0.3 is 0 Å². The Labute approximate surface area is 146 Å². The molecule has 0 spiro atoms. The van der Waals surface area contributed by atoms with Gasteiger partial charge in [0, 0.05) is 12.2 Å². The highest BCUT2D eigenvalue weighted by molar-refractivity contribution is 6.30. The van der Waals surface area contributed by atoms with Crippen LogP contribution in [0.4, 0.5) is 5.69 Å². The van der Waals surface area contributed by atoms with Crippen molar-refractivity contribution in [2.24, 2.45) is 5.92 Å². The summed E-state index contributed by atoms with van der Waals surface area (Å²) >= 11 is 0. The van der Waals surface area contributed by atoms with Gasteiger partial charge in [0.05, 0.1) is 17.7 Å². The summed E-state index contributed by atoms with van der Waals surface area (Å²) in [6, 6.07) is 18.7. The van der Waals surface area contributed by atoms with Crippen molar-refractivity contribution in [3.05, 3.63) is 71.8 Å². The number of carbonyl (C=O) groups is 2. The molecule has 4 nitrogen and oxygen atoms in total. The second-order valence-electron chi connectivity index (χ2n) is 6.35. The maximum atomic E-state index is 13.1. The minimum absolute atomic E-state index is 0.190. The number of amides is 2. The Balaban J connectivity index is 1.78. The van der Waals surface area contributed by atoms with Crippen molar-refractivity contribution in [1.29, 1.82) is 0 Å². The predicted molar refractivity (Wildman–Crippen MR) is 95.8 cm³/mol. The molecule has 2 atom stereocenters. The third kappa shape index (κ3) is 2.89. The van der Waals surface area contributed by atoms with Crippen molar-refractivity contribution >= 4 is 23.6 Å². The van der Waals surface area contributed by atoms with Crippen LogP contribution in [-0.2, 0) is 14.3 Å².